The molecule has 19 heavy (non-hydrogen) atoms. The van der Waals surface area contributed by atoms with Gasteiger partial charge in [0.15, 0.2) is 0 Å². The molecule has 0 saturated heterocycles. The lowest BCUT2D eigenvalue weighted by Gasteiger charge is -2.16. The van der Waals surface area contributed by atoms with E-state index in [2.05, 4.69) is 5.10 Å². The summed E-state index contributed by atoms with van der Waals surface area (Å²) in [6.45, 7) is 0. The van der Waals surface area contributed by atoms with Crippen molar-refractivity contribution in [1.29, 1.82) is 0 Å². The lowest BCUT2D eigenvalue weighted by Crippen LogP contribution is -2.46. The van der Waals surface area contributed by atoms with Crippen molar-refractivity contribution in [2.24, 2.45) is 5.84 Å². The summed E-state index contributed by atoms with van der Waals surface area (Å²) in [5, 5.41) is 22.5. The molecule has 0 unspecified atom stereocenters. The molecule has 4 N–H and O–H groups in total. The van der Waals surface area contributed by atoms with Crippen molar-refractivity contribution in [2.75, 3.05) is 5.12 Å². The largest absolute Gasteiger partial charge is 0.492 e. The van der Waals surface area contributed by atoms with Crippen molar-refractivity contribution < 1.29 is 19.8 Å². The maximum absolute atomic E-state index is 12.0. The lowest BCUT2D eigenvalue weighted by atomic mass is 10.1. The zero-order valence-electron chi connectivity index (χ0n) is 9.59. The minimum absolute atomic E-state index is 0.0380. The Morgan fingerprint density at radius 2 is 1.95 bits per heavy atom. The molecular weight excluding hydrogens is 252 g/mol. The topological polar surface area (TPSA) is 122 Å². The Morgan fingerprint density at radius 3 is 2.53 bits per heavy atom. The summed E-state index contributed by atoms with van der Waals surface area (Å²) in [6.07, 6.45) is 1.26. The maximum Gasteiger partial charge on any atom is 0.335 e. The highest BCUT2D eigenvalue weighted by Gasteiger charge is 2.18. The summed E-state index contributed by atoms with van der Waals surface area (Å²) in [7, 11) is 0. The van der Waals surface area contributed by atoms with Crippen molar-refractivity contribution >= 4 is 11.9 Å². The minimum Gasteiger partial charge on any atom is -0.492 e. The monoisotopic (exact) mass is 262 g/mol. The first-order valence-corrected chi connectivity index (χ1v) is 5.16. The van der Waals surface area contributed by atoms with Crippen molar-refractivity contribution in [2.45, 2.75) is 0 Å². The SMILES string of the molecule is NN(C(=O)c1cccc(C(=O)O)c1)n1nccc1O. The van der Waals surface area contributed by atoms with E-state index in [1.54, 1.807) is 0 Å². The van der Waals surface area contributed by atoms with E-state index >= 15 is 0 Å². The molecule has 2 aromatic rings. The number of aromatic nitrogens is 2. The third-order valence-corrected chi connectivity index (χ3v) is 2.37. The van der Waals surface area contributed by atoms with Gasteiger partial charge < -0.3 is 10.2 Å². The zero-order chi connectivity index (χ0) is 14.0. The van der Waals surface area contributed by atoms with E-state index in [9.17, 15) is 14.7 Å². The summed E-state index contributed by atoms with van der Waals surface area (Å²) in [5.74, 6) is 3.35. The fourth-order valence-corrected chi connectivity index (χ4v) is 1.46. The molecule has 0 radical (unpaired) electrons. The van der Waals surface area contributed by atoms with Crippen molar-refractivity contribution in [3.63, 3.8) is 0 Å². The summed E-state index contributed by atoms with van der Waals surface area (Å²) >= 11 is 0. The Kier molecular flexibility index (Phi) is 3.17. The van der Waals surface area contributed by atoms with Crippen LogP contribution in [0.1, 0.15) is 20.7 Å². The lowest BCUT2D eigenvalue weighted by molar-refractivity contribution is 0.0697. The van der Waals surface area contributed by atoms with Gasteiger partial charge in [-0.1, -0.05) is 6.07 Å². The van der Waals surface area contributed by atoms with Crippen molar-refractivity contribution in [1.82, 2.24) is 9.89 Å². The summed E-state index contributed by atoms with van der Waals surface area (Å²) in [5.41, 5.74) is 0.0289. The second kappa shape index (κ2) is 4.78. The van der Waals surface area contributed by atoms with E-state index in [0.717, 1.165) is 4.79 Å². The van der Waals surface area contributed by atoms with Crippen LogP contribution in [0.4, 0.5) is 0 Å². The Hall–Kier alpha value is -2.87. The first-order chi connectivity index (χ1) is 9.00. The molecule has 1 aromatic heterocycles. The number of benzene rings is 1. The molecule has 0 atom stereocenters. The number of hydrazine groups is 1. The molecule has 0 aliphatic heterocycles. The maximum atomic E-state index is 12.0. The van der Waals surface area contributed by atoms with E-state index in [0.29, 0.717) is 5.12 Å². The number of rotatable bonds is 3. The number of aromatic hydroxyl groups is 1. The van der Waals surface area contributed by atoms with Gasteiger partial charge in [0.25, 0.3) is 5.91 Å². The smallest absolute Gasteiger partial charge is 0.335 e. The third kappa shape index (κ3) is 2.38. The molecule has 8 heteroatoms. The summed E-state index contributed by atoms with van der Waals surface area (Å²) in [6, 6.07) is 6.62. The minimum atomic E-state index is -1.15. The highest BCUT2D eigenvalue weighted by atomic mass is 16.4. The Balaban J connectivity index is 2.32. The molecule has 0 aliphatic rings. The molecule has 0 aliphatic carbocycles. The molecule has 8 nitrogen and oxygen atoms in total. The number of hydrogen-bond acceptors (Lipinski definition) is 5. The van der Waals surface area contributed by atoms with Crippen LogP contribution in [0.15, 0.2) is 36.5 Å². The molecule has 1 amide bonds. The van der Waals surface area contributed by atoms with Crippen LogP contribution in [0.2, 0.25) is 0 Å². The number of carboxylic acids is 1. The average molecular weight is 262 g/mol. The highest BCUT2D eigenvalue weighted by molar-refractivity contribution is 6.02. The van der Waals surface area contributed by atoms with Gasteiger partial charge in [-0.15, -0.1) is 4.79 Å². The molecule has 98 valence electrons. The van der Waals surface area contributed by atoms with Crippen molar-refractivity contribution in [3.8, 4) is 5.88 Å². The first kappa shape index (κ1) is 12.6. The van der Waals surface area contributed by atoms with Gasteiger partial charge in [0.1, 0.15) is 0 Å². The molecule has 0 saturated carbocycles. The standard InChI is InChI=1S/C11H10N4O4/c12-14(15-9(16)4-5-13-15)10(17)7-2-1-3-8(6-7)11(18)19/h1-6,16H,12H2,(H,18,19). The van der Waals surface area contributed by atoms with E-state index in [4.69, 9.17) is 10.9 Å². The average Bonchev–Trinajstić information content (AvgIpc) is 2.83. The van der Waals surface area contributed by atoms with Gasteiger partial charge in [-0.05, 0) is 18.2 Å². The number of nitrogens with zero attached hydrogens (tertiary/aromatic N) is 3. The fourth-order valence-electron chi connectivity index (χ4n) is 1.46. The van der Waals surface area contributed by atoms with Gasteiger partial charge in [0.05, 0.1) is 11.8 Å². The number of carbonyl (C=O) groups is 2. The van der Waals surface area contributed by atoms with Gasteiger partial charge in [0.2, 0.25) is 5.88 Å². The van der Waals surface area contributed by atoms with Crippen LogP contribution >= 0.6 is 0 Å². The second-order valence-electron chi connectivity index (χ2n) is 3.61. The molecular formula is C11H10N4O4. The molecule has 1 heterocycles. The van der Waals surface area contributed by atoms with Crippen LogP contribution in [-0.4, -0.2) is 32.0 Å². The molecule has 0 spiro atoms. The van der Waals surface area contributed by atoms with Crippen molar-refractivity contribution in [3.05, 3.63) is 47.7 Å². The van der Waals surface area contributed by atoms with E-state index in [1.165, 1.54) is 36.5 Å². The summed E-state index contributed by atoms with van der Waals surface area (Å²) in [4.78, 5) is 23.6. The second-order valence-corrected chi connectivity index (χ2v) is 3.61. The number of aromatic carboxylic acids is 1. The predicted octanol–water partition coefficient (Wildman–Crippen LogP) is -0.0610. The number of carboxylic acid groups (broad SMARTS) is 1. The molecule has 1 aromatic carbocycles. The van der Waals surface area contributed by atoms with Gasteiger partial charge in [-0.25, -0.2) is 10.6 Å². The van der Waals surface area contributed by atoms with Crippen LogP contribution in [0, 0.1) is 0 Å². The van der Waals surface area contributed by atoms with Gasteiger partial charge in [0, 0.05) is 11.6 Å². The Bertz CT molecular complexity index is 637. The fraction of sp³-hybridized carbons (Fsp3) is 0. The molecule has 2 rings (SSSR count). The molecule has 0 fully saturated rings. The third-order valence-electron chi connectivity index (χ3n) is 2.37. The number of nitrogens with two attached hydrogens (primary N) is 1. The van der Waals surface area contributed by atoms with E-state index in [-0.39, 0.29) is 17.0 Å². The quantitative estimate of drug-likeness (QED) is 0.404. The van der Waals surface area contributed by atoms with Gasteiger partial charge in [-0.3, -0.25) is 4.79 Å². The Morgan fingerprint density at radius 1 is 1.26 bits per heavy atom. The van der Waals surface area contributed by atoms with Crippen LogP contribution in [-0.2, 0) is 0 Å². The van der Waals surface area contributed by atoms with E-state index in [1.807, 2.05) is 0 Å². The number of carbonyl (C=O) groups excluding carboxylic acids is 1. The predicted molar refractivity (Wildman–Crippen MR) is 64.0 cm³/mol. The van der Waals surface area contributed by atoms with Crippen LogP contribution < -0.4 is 11.0 Å². The number of hydrogen-bond donors (Lipinski definition) is 3. The van der Waals surface area contributed by atoms with Gasteiger partial charge in [-0.2, -0.15) is 10.2 Å². The molecule has 0 bridgehead atoms. The van der Waals surface area contributed by atoms with E-state index < -0.39 is 11.9 Å². The van der Waals surface area contributed by atoms with Crippen LogP contribution in [0.25, 0.3) is 0 Å². The van der Waals surface area contributed by atoms with Crippen LogP contribution in [0.3, 0.4) is 0 Å². The zero-order valence-corrected chi connectivity index (χ0v) is 9.59. The number of amides is 1. The highest BCUT2D eigenvalue weighted by Crippen LogP contribution is 2.10. The Labute approximate surface area is 107 Å². The first-order valence-electron chi connectivity index (χ1n) is 5.16. The normalized spacial score (nSPS) is 10.2. The van der Waals surface area contributed by atoms with Crippen LogP contribution in [0.5, 0.6) is 5.88 Å². The summed E-state index contributed by atoms with van der Waals surface area (Å²) < 4.78 is 0. The van der Waals surface area contributed by atoms with Gasteiger partial charge >= 0.3 is 5.97 Å².